The van der Waals surface area contributed by atoms with E-state index < -0.39 is 33.6 Å². The van der Waals surface area contributed by atoms with Crippen LogP contribution in [-0.4, -0.2) is 20.4 Å². The van der Waals surface area contributed by atoms with Gasteiger partial charge in [0.25, 0.3) is 0 Å². The molecule has 0 unspecified atom stereocenters. The third kappa shape index (κ3) is 4.50. The van der Waals surface area contributed by atoms with Gasteiger partial charge < -0.3 is 5.32 Å². The Morgan fingerprint density at radius 1 is 1.12 bits per heavy atom. The van der Waals surface area contributed by atoms with Gasteiger partial charge in [0.15, 0.2) is 0 Å². The van der Waals surface area contributed by atoms with E-state index in [1.165, 1.54) is 31.2 Å². The fourth-order valence-electron chi connectivity index (χ4n) is 1.80. The molecule has 24 heavy (non-hydrogen) atoms. The summed E-state index contributed by atoms with van der Waals surface area (Å²) >= 11 is 5.69. The first kappa shape index (κ1) is 18.3. The summed E-state index contributed by atoms with van der Waals surface area (Å²) in [5, 5.41) is 2.56. The first-order valence-corrected chi connectivity index (χ1v) is 8.59. The Labute approximate surface area is 142 Å². The van der Waals surface area contributed by atoms with E-state index in [4.69, 9.17) is 11.6 Å². The van der Waals surface area contributed by atoms with Crippen LogP contribution in [0.15, 0.2) is 47.4 Å². The lowest BCUT2D eigenvalue weighted by Gasteiger charge is -2.15. The Morgan fingerprint density at radius 3 is 2.33 bits per heavy atom. The number of sulfonamides is 1. The number of carbonyl (C=O) groups excluding carboxylic acids is 1. The maximum atomic E-state index is 13.5. The van der Waals surface area contributed by atoms with Crippen molar-refractivity contribution in [3.05, 3.63) is 59.1 Å². The van der Waals surface area contributed by atoms with Crippen molar-refractivity contribution in [3.63, 3.8) is 0 Å². The minimum absolute atomic E-state index is 0.0699. The van der Waals surface area contributed by atoms with Crippen LogP contribution in [0.5, 0.6) is 0 Å². The van der Waals surface area contributed by atoms with Crippen molar-refractivity contribution in [2.45, 2.75) is 17.9 Å². The highest BCUT2D eigenvalue weighted by Crippen LogP contribution is 2.16. The highest BCUT2D eigenvalue weighted by molar-refractivity contribution is 7.89. The molecule has 0 aromatic heterocycles. The zero-order valence-electron chi connectivity index (χ0n) is 12.4. The van der Waals surface area contributed by atoms with Gasteiger partial charge in [-0.2, -0.15) is 4.72 Å². The van der Waals surface area contributed by atoms with Gasteiger partial charge in [-0.05, 0) is 43.3 Å². The molecule has 0 aliphatic heterocycles. The molecule has 0 saturated heterocycles. The molecule has 2 N–H and O–H groups in total. The average Bonchev–Trinajstić information content (AvgIpc) is 2.50. The van der Waals surface area contributed by atoms with Gasteiger partial charge in [-0.25, -0.2) is 17.2 Å². The van der Waals surface area contributed by atoms with Crippen molar-refractivity contribution in [1.82, 2.24) is 4.72 Å². The predicted molar refractivity (Wildman–Crippen MR) is 86.2 cm³/mol. The SMILES string of the molecule is C[C@H](NS(=O)(=O)c1ccc(Cl)cc1)C(=O)Nc1ccc(F)cc1F. The summed E-state index contributed by atoms with van der Waals surface area (Å²) in [6.45, 7) is 1.30. The Bertz CT molecular complexity index is 858. The fourth-order valence-corrected chi connectivity index (χ4v) is 3.13. The zero-order valence-corrected chi connectivity index (χ0v) is 14.0. The number of amides is 1. The van der Waals surface area contributed by atoms with Gasteiger partial charge in [-0.15, -0.1) is 0 Å². The first-order valence-electron chi connectivity index (χ1n) is 6.73. The summed E-state index contributed by atoms with van der Waals surface area (Å²) in [5.41, 5.74) is -0.251. The van der Waals surface area contributed by atoms with E-state index in [1.807, 2.05) is 0 Å². The van der Waals surface area contributed by atoms with Crippen LogP contribution < -0.4 is 10.0 Å². The molecule has 1 atom stereocenters. The van der Waals surface area contributed by atoms with Crippen molar-refractivity contribution in [1.29, 1.82) is 0 Å². The molecule has 0 aliphatic rings. The molecule has 2 aromatic carbocycles. The van der Waals surface area contributed by atoms with E-state index in [0.29, 0.717) is 11.1 Å². The predicted octanol–water partition coefficient (Wildman–Crippen LogP) is 2.92. The van der Waals surface area contributed by atoms with E-state index in [0.717, 1.165) is 12.1 Å². The standard InChI is InChI=1S/C15H13ClF2N2O3S/c1-9(15(21)19-14-7-4-11(17)8-13(14)18)20-24(22,23)12-5-2-10(16)3-6-12/h2-9,20H,1H3,(H,19,21)/t9-/m0/s1. The van der Waals surface area contributed by atoms with Gasteiger partial charge >= 0.3 is 0 Å². The maximum Gasteiger partial charge on any atom is 0.242 e. The minimum atomic E-state index is -3.95. The Kier molecular flexibility index (Phi) is 5.53. The monoisotopic (exact) mass is 374 g/mol. The molecule has 1 amide bonds. The molecule has 5 nitrogen and oxygen atoms in total. The Morgan fingerprint density at radius 2 is 1.75 bits per heavy atom. The summed E-state index contributed by atoms with van der Waals surface area (Å²) in [5.74, 6) is -2.55. The van der Waals surface area contributed by atoms with Crippen LogP contribution in [0.1, 0.15) is 6.92 Å². The third-order valence-electron chi connectivity index (χ3n) is 3.04. The van der Waals surface area contributed by atoms with Crippen LogP contribution in [0.3, 0.4) is 0 Å². The summed E-state index contributed by atoms with van der Waals surface area (Å²) in [4.78, 5) is 11.9. The Hall–Kier alpha value is -2.03. The lowest BCUT2D eigenvalue weighted by Crippen LogP contribution is -2.41. The fraction of sp³-hybridized carbons (Fsp3) is 0.133. The maximum absolute atomic E-state index is 13.5. The van der Waals surface area contributed by atoms with Crippen LogP contribution in [0.2, 0.25) is 5.02 Å². The summed E-state index contributed by atoms with van der Waals surface area (Å²) in [7, 11) is -3.95. The van der Waals surface area contributed by atoms with Crippen LogP contribution in [-0.2, 0) is 14.8 Å². The smallest absolute Gasteiger partial charge is 0.242 e. The largest absolute Gasteiger partial charge is 0.322 e. The number of halogens is 3. The number of hydrogen-bond donors (Lipinski definition) is 2. The second-order valence-corrected chi connectivity index (χ2v) is 7.06. The second-order valence-electron chi connectivity index (χ2n) is 4.91. The van der Waals surface area contributed by atoms with Crippen LogP contribution in [0, 0.1) is 11.6 Å². The van der Waals surface area contributed by atoms with Crippen LogP contribution in [0.25, 0.3) is 0 Å². The Balaban J connectivity index is 2.09. The normalized spacial score (nSPS) is 12.7. The molecule has 0 radical (unpaired) electrons. The summed E-state index contributed by atoms with van der Waals surface area (Å²) in [6.07, 6.45) is 0. The molecule has 2 aromatic rings. The number of benzene rings is 2. The van der Waals surface area contributed by atoms with E-state index in [1.54, 1.807) is 0 Å². The number of rotatable bonds is 5. The van der Waals surface area contributed by atoms with Crippen molar-refractivity contribution >= 4 is 33.2 Å². The van der Waals surface area contributed by atoms with Gasteiger partial charge in [-0.1, -0.05) is 11.6 Å². The van der Waals surface area contributed by atoms with Gasteiger partial charge in [0.05, 0.1) is 16.6 Å². The molecule has 0 aliphatic carbocycles. The van der Waals surface area contributed by atoms with Crippen LogP contribution in [0.4, 0.5) is 14.5 Å². The van der Waals surface area contributed by atoms with Crippen LogP contribution >= 0.6 is 11.6 Å². The molecule has 0 saturated carbocycles. The molecule has 0 heterocycles. The highest BCUT2D eigenvalue weighted by atomic mass is 35.5. The number of hydrogen-bond acceptors (Lipinski definition) is 3. The lowest BCUT2D eigenvalue weighted by atomic mass is 10.2. The van der Waals surface area contributed by atoms with Gasteiger partial charge in [0, 0.05) is 11.1 Å². The topological polar surface area (TPSA) is 75.3 Å². The van der Waals surface area contributed by atoms with E-state index >= 15 is 0 Å². The average molecular weight is 375 g/mol. The molecule has 2 rings (SSSR count). The molecular weight excluding hydrogens is 362 g/mol. The quantitative estimate of drug-likeness (QED) is 0.845. The van der Waals surface area contributed by atoms with Crippen molar-refractivity contribution in [2.75, 3.05) is 5.32 Å². The highest BCUT2D eigenvalue weighted by Gasteiger charge is 2.22. The summed E-state index contributed by atoms with van der Waals surface area (Å²) in [6, 6.07) is 6.81. The molecule has 0 spiro atoms. The molecule has 9 heteroatoms. The van der Waals surface area contributed by atoms with Gasteiger partial charge in [0.2, 0.25) is 15.9 Å². The molecule has 128 valence electrons. The van der Waals surface area contributed by atoms with E-state index in [9.17, 15) is 22.0 Å². The molecular formula is C15H13ClF2N2O3S. The number of carbonyl (C=O) groups is 1. The lowest BCUT2D eigenvalue weighted by molar-refractivity contribution is -0.117. The van der Waals surface area contributed by atoms with Crippen molar-refractivity contribution in [3.8, 4) is 0 Å². The number of nitrogens with one attached hydrogen (secondary N) is 2. The number of anilines is 1. The van der Waals surface area contributed by atoms with Crippen molar-refractivity contribution in [2.24, 2.45) is 0 Å². The summed E-state index contributed by atoms with van der Waals surface area (Å²) < 4.78 is 52.8. The minimum Gasteiger partial charge on any atom is -0.322 e. The molecule has 0 fully saturated rings. The van der Waals surface area contributed by atoms with E-state index in [-0.39, 0.29) is 10.6 Å². The molecule has 0 bridgehead atoms. The van der Waals surface area contributed by atoms with Crippen molar-refractivity contribution < 1.29 is 22.0 Å². The van der Waals surface area contributed by atoms with Gasteiger partial charge in [0.1, 0.15) is 11.6 Å². The second kappa shape index (κ2) is 7.25. The third-order valence-corrected chi connectivity index (χ3v) is 4.85. The van der Waals surface area contributed by atoms with E-state index in [2.05, 4.69) is 10.0 Å². The van der Waals surface area contributed by atoms with Gasteiger partial charge in [-0.3, -0.25) is 4.79 Å². The first-order chi connectivity index (χ1) is 11.2. The zero-order chi connectivity index (χ0) is 17.9.